The van der Waals surface area contributed by atoms with Crippen LogP contribution in [0.1, 0.15) is 34.6 Å². The van der Waals surface area contributed by atoms with Crippen LogP contribution in [0.25, 0.3) is 11.0 Å². The molecule has 5 nitrogen and oxygen atoms in total. The van der Waals surface area contributed by atoms with Gasteiger partial charge in [0.1, 0.15) is 5.58 Å². The second kappa shape index (κ2) is 6.41. The first-order valence-corrected chi connectivity index (χ1v) is 8.66. The number of ether oxygens (including phenoxy) is 2. The molecule has 0 aliphatic carbocycles. The quantitative estimate of drug-likeness (QED) is 0.709. The third-order valence-corrected chi connectivity index (χ3v) is 5.08. The first kappa shape index (κ1) is 16.5. The Bertz CT molecular complexity index is 942. The molecule has 4 rings (SSSR count). The molecule has 134 valence electrons. The predicted octanol–water partition coefficient (Wildman–Crippen LogP) is 4.21. The number of benzene rings is 2. The minimum absolute atomic E-state index is 0.0701. The highest BCUT2D eigenvalue weighted by atomic mass is 16.5. The molecule has 1 aliphatic rings. The van der Waals surface area contributed by atoms with Gasteiger partial charge in [0.25, 0.3) is 5.91 Å². The summed E-state index contributed by atoms with van der Waals surface area (Å²) in [4.78, 5) is 14.9. The molecule has 2 heterocycles. The number of amides is 1. The maximum absolute atomic E-state index is 13.0. The van der Waals surface area contributed by atoms with Gasteiger partial charge in [-0.2, -0.15) is 0 Å². The fourth-order valence-electron chi connectivity index (χ4n) is 3.65. The number of methoxy groups -OCH3 is 2. The Balaban J connectivity index is 1.68. The SMILES string of the molecule is COc1cc2c(cc1OC)[C@H](C)N(C(=O)c1cc3ccccc3o1)CC2. The molecule has 0 saturated carbocycles. The number of hydrogen-bond acceptors (Lipinski definition) is 4. The third kappa shape index (κ3) is 2.60. The van der Waals surface area contributed by atoms with Crippen LogP contribution in [-0.2, 0) is 6.42 Å². The topological polar surface area (TPSA) is 51.9 Å². The van der Waals surface area contributed by atoms with Gasteiger partial charge in [0.15, 0.2) is 17.3 Å². The van der Waals surface area contributed by atoms with E-state index in [0.717, 1.165) is 28.7 Å². The van der Waals surface area contributed by atoms with Gasteiger partial charge in [-0.15, -0.1) is 0 Å². The van der Waals surface area contributed by atoms with Gasteiger partial charge < -0.3 is 18.8 Å². The van der Waals surface area contributed by atoms with Gasteiger partial charge in [-0.1, -0.05) is 18.2 Å². The molecule has 1 atom stereocenters. The van der Waals surface area contributed by atoms with Gasteiger partial charge in [-0.25, -0.2) is 0 Å². The molecular weight excluding hydrogens is 330 g/mol. The van der Waals surface area contributed by atoms with E-state index in [1.807, 2.05) is 54.3 Å². The molecule has 2 aromatic carbocycles. The van der Waals surface area contributed by atoms with Crippen LogP contribution in [0.3, 0.4) is 0 Å². The zero-order valence-corrected chi connectivity index (χ0v) is 15.1. The number of rotatable bonds is 3. The molecule has 0 radical (unpaired) electrons. The lowest BCUT2D eigenvalue weighted by Gasteiger charge is -2.35. The summed E-state index contributed by atoms with van der Waals surface area (Å²) in [5.41, 5.74) is 2.99. The van der Waals surface area contributed by atoms with Crippen molar-refractivity contribution in [2.24, 2.45) is 0 Å². The van der Waals surface area contributed by atoms with Gasteiger partial charge in [-0.3, -0.25) is 4.79 Å². The zero-order valence-electron chi connectivity index (χ0n) is 15.1. The van der Waals surface area contributed by atoms with Gasteiger partial charge >= 0.3 is 0 Å². The van der Waals surface area contributed by atoms with Crippen molar-refractivity contribution in [3.8, 4) is 11.5 Å². The first-order chi connectivity index (χ1) is 12.6. The van der Waals surface area contributed by atoms with Crippen LogP contribution >= 0.6 is 0 Å². The average Bonchev–Trinajstić information content (AvgIpc) is 3.11. The Morgan fingerprint density at radius 3 is 2.58 bits per heavy atom. The summed E-state index contributed by atoms with van der Waals surface area (Å²) in [6, 6.07) is 13.4. The Morgan fingerprint density at radius 2 is 1.85 bits per heavy atom. The molecule has 5 heteroatoms. The minimum atomic E-state index is -0.0888. The molecule has 0 N–H and O–H groups in total. The maximum atomic E-state index is 13.0. The summed E-state index contributed by atoms with van der Waals surface area (Å²) < 4.78 is 16.6. The summed E-state index contributed by atoms with van der Waals surface area (Å²) in [7, 11) is 3.25. The van der Waals surface area contributed by atoms with Crippen LogP contribution in [0, 0.1) is 0 Å². The fourth-order valence-corrected chi connectivity index (χ4v) is 3.65. The monoisotopic (exact) mass is 351 g/mol. The van der Waals surface area contributed by atoms with E-state index in [-0.39, 0.29) is 11.9 Å². The van der Waals surface area contributed by atoms with Crippen LogP contribution in [-0.4, -0.2) is 31.6 Å². The highest BCUT2D eigenvalue weighted by Gasteiger charge is 2.31. The summed E-state index contributed by atoms with van der Waals surface area (Å²) in [6.45, 7) is 2.67. The average molecular weight is 351 g/mol. The molecule has 0 unspecified atom stereocenters. The lowest BCUT2D eigenvalue weighted by molar-refractivity contribution is 0.0647. The van der Waals surface area contributed by atoms with Crippen molar-refractivity contribution >= 4 is 16.9 Å². The maximum Gasteiger partial charge on any atom is 0.290 e. The first-order valence-electron chi connectivity index (χ1n) is 8.66. The van der Waals surface area contributed by atoms with Crippen LogP contribution in [0.2, 0.25) is 0 Å². The second-order valence-electron chi connectivity index (χ2n) is 6.48. The Hall–Kier alpha value is -2.95. The lowest BCUT2D eigenvalue weighted by Crippen LogP contribution is -2.38. The van der Waals surface area contributed by atoms with E-state index in [4.69, 9.17) is 13.9 Å². The minimum Gasteiger partial charge on any atom is -0.493 e. The number of carbonyl (C=O) groups is 1. The summed E-state index contributed by atoms with van der Waals surface area (Å²) in [5, 5.41) is 0.937. The number of carbonyl (C=O) groups excluding carboxylic acids is 1. The van der Waals surface area contributed by atoms with E-state index in [9.17, 15) is 4.79 Å². The molecule has 1 amide bonds. The molecule has 26 heavy (non-hydrogen) atoms. The molecule has 1 aliphatic heterocycles. The van der Waals surface area contributed by atoms with Crippen molar-refractivity contribution < 1.29 is 18.7 Å². The van der Waals surface area contributed by atoms with Crippen molar-refractivity contribution in [1.82, 2.24) is 4.90 Å². The highest BCUT2D eigenvalue weighted by Crippen LogP contribution is 2.38. The molecule has 0 bridgehead atoms. The third-order valence-electron chi connectivity index (χ3n) is 5.08. The molecular formula is C21H21NO4. The number of fused-ring (bicyclic) bond motifs is 2. The smallest absolute Gasteiger partial charge is 0.290 e. The molecule has 3 aromatic rings. The summed E-state index contributed by atoms with van der Waals surface area (Å²) in [6.07, 6.45) is 0.770. The molecule has 1 aromatic heterocycles. The van der Waals surface area contributed by atoms with Crippen molar-refractivity contribution in [2.45, 2.75) is 19.4 Å². The standard InChI is InChI=1S/C21H21NO4/c1-13-16-12-19(25-3)18(24-2)10-14(16)8-9-22(13)21(23)20-11-15-6-4-5-7-17(15)26-20/h4-7,10-13H,8-9H2,1-3H3/t13-/m0/s1. The van der Waals surface area contributed by atoms with Crippen molar-refractivity contribution in [2.75, 3.05) is 20.8 Å². The normalized spacial score (nSPS) is 16.4. The summed E-state index contributed by atoms with van der Waals surface area (Å²) in [5.74, 6) is 1.68. The van der Waals surface area contributed by atoms with E-state index in [2.05, 4.69) is 0 Å². The Kier molecular flexibility index (Phi) is 4.07. The van der Waals surface area contributed by atoms with Crippen LogP contribution in [0.15, 0.2) is 46.9 Å². The van der Waals surface area contributed by atoms with Gasteiger partial charge in [-0.05, 0) is 48.7 Å². The van der Waals surface area contributed by atoms with Crippen LogP contribution < -0.4 is 9.47 Å². The van der Waals surface area contributed by atoms with Gasteiger partial charge in [0, 0.05) is 11.9 Å². The largest absolute Gasteiger partial charge is 0.493 e. The number of para-hydroxylation sites is 1. The van der Waals surface area contributed by atoms with E-state index in [1.54, 1.807) is 14.2 Å². The van der Waals surface area contributed by atoms with Crippen molar-refractivity contribution in [3.05, 3.63) is 59.4 Å². The fraction of sp³-hybridized carbons (Fsp3) is 0.286. The summed E-state index contributed by atoms with van der Waals surface area (Å²) >= 11 is 0. The van der Waals surface area contributed by atoms with Crippen LogP contribution in [0.5, 0.6) is 11.5 Å². The molecule has 0 spiro atoms. The van der Waals surface area contributed by atoms with E-state index in [1.165, 1.54) is 5.56 Å². The van der Waals surface area contributed by atoms with Crippen LogP contribution in [0.4, 0.5) is 0 Å². The number of furan rings is 1. The number of hydrogen-bond donors (Lipinski definition) is 0. The molecule has 0 fully saturated rings. The van der Waals surface area contributed by atoms with E-state index >= 15 is 0 Å². The zero-order chi connectivity index (χ0) is 18.3. The van der Waals surface area contributed by atoms with E-state index < -0.39 is 0 Å². The lowest BCUT2D eigenvalue weighted by atomic mass is 9.92. The Morgan fingerprint density at radius 1 is 1.12 bits per heavy atom. The van der Waals surface area contributed by atoms with Crippen molar-refractivity contribution in [1.29, 1.82) is 0 Å². The highest BCUT2D eigenvalue weighted by molar-refractivity contribution is 5.96. The van der Waals surface area contributed by atoms with Gasteiger partial charge in [0.05, 0.1) is 20.3 Å². The number of nitrogens with zero attached hydrogens (tertiary/aromatic N) is 1. The van der Waals surface area contributed by atoms with Crippen molar-refractivity contribution in [3.63, 3.8) is 0 Å². The predicted molar refractivity (Wildman–Crippen MR) is 98.9 cm³/mol. The van der Waals surface area contributed by atoms with Gasteiger partial charge in [0.2, 0.25) is 0 Å². The molecule has 0 saturated heterocycles. The van der Waals surface area contributed by atoms with E-state index in [0.29, 0.717) is 18.1 Å². The second-order valence-corrected chi connectivity index (χ2v) is 6.48. The Labute approximate surface area is 152 Å².